The van der Waals surface area contributed by atoms with E-state index in [1.165, 1.54) is 0 Å². The van der Waals surface area contributed by atoms with Crippen LogP contribution in [0.15, 0.2) is 42.9 Å². The Balaban J connectivity index is 0.000000325. The number of carbonyl (C=O) groups is 1. The number of rotatable bonds is 4. The number of carboxylic acids is 1. The number of halogens is 3. The zero-order valence-electron chi connectivity index (χ0n) is 17.4. The van der Waals surface area contributed by atoms with Gasteiger partial charge in [0.25, 0.3) is 0 Å². The Morgan fingerprint density at radius 3 is 2.76 bits per heavy atom. The number of aromatic nitrogens is 5. The molecule has 2 saturated heterocycles. The predicted molar refractivity (Wildman–Crippen MR) is 107 cm³/mol. The number of hydrogen-bond acceptors (Lipinski definition) is 8. The number of ether oxygens (including phenoxy) is 2. The standard InChI is InChI=1S/C18H20N6O2.C2HF3O2/c1-2-7-19-14(3-1)10-25-15-6-8-26-18(9-15)11-23(12-18)17-5-4-16-21-20-13-24(16)22-17;3-2(4,5)1(6)7/h1-5,7,13,15H,6,8-12H2;(H,6,7). The molecule has 5 rings (SSSR count). The van der Waals surface area contributed by atoms with E-state index in [0.29, 0.717) is 6.61 Å². The Labute approximate surface area is 186 Å². The lowest BCUT2D eigenvalue weighted by Crippen LogP contribution is -2.66. The summed E-state index contributed by atoms with van der Waals surface area (Å²) in [5.74, 6) is -1.84. The average Bonchev–Trinajstić information content (AvgIpc) is 3.24. The Morgan fingerprint density at radius 2 is 2.06 bits per heavy atom. The van der Waals surface area contributed by atoms with E-state index in [2.05, 4.69) is 25.2 Å². The van der Waals surface area contributed by atoms with Gasteiger partial charge in [-0.3, -0.25) is 4.98 Å². The topological polar surface area (TPSA) is 115 Å². The fourth-order valence-corrected chi connectivity index (χ4v) is 3.73. The molecule has 0 aliphatic carbocycles. The first kappa shape index (κ1) is 22.9. The van der Waals surface area contributed by atoms with E-state index in [0.717, 1.165) is 49.7 Å². The Kier molecular flexibility index (Phi) is 6.42. The molecule has 1 spiro atoms. The minimum Gasteiger partial charge on any atom is -0.475 e. The van der Waals surface area contributed by atoms with Crippen LogP contribution in [-0.2, 0) is 20.9 Å². The molecular formula is C20H21F3N6O4. The number of pyridine rings is 1. The van der Waals surface area contributed by atoms with Crippen molar-refractivity contribution in [2.24, 2.45) is 0 Å². The molecule has 33 heavy (non-hydrogen) atoms. The lowest BCUT2D eigenvalue weighted by atomic mass is 9.84. The van der Waals surface area contributed by atoms with Gasteiger partial charge < -0.3 is 19.5 Å². The van der Waals surface area contributed by atoms with E-state index in [4.69, 9.17) is 19.4 Å². The van der Waals surface area contributed by atoms with Crippen LogP contribution < -0.4 is 4.90 Å². The molecule has 3 aromatic rings. The molecule has 176 valence electrons. The van der Waals surface area contributed by atoms with Crippen LogP contribution in [0.3, 0.4) is 0 Å². The van der Waals surface area contributed by atoms with Crippen molar-refractivity contribution in [3.05, 3.63) is 48.5 Å². The second-order valence-electron chi connectivity index (χ2n) is 7.76. The van der Waals surface area contributed by atoms with Gasteiger partial charge in [0.2, 0.25) is 0 Å². The maximum Gasteiger partial charge on any atom is 0.490 e. The molecule has 0 saturated carbocycles. The average molecular weight is 466 g/mol. The molecule has 0 amide bonds. The second-order valence-corrected chi connectivity index (χ2v) is 7.76. The van der Waals surface area contributed by atoms with Gasteiger partial charge in [0.15, 0.2) is 5.65 Å². The lowest BCUT2D eigenvalue weighted by Gasteiger charge is -2.53. The van der Waals surface area contributed by atoms with E-state index in [-0.39, 0.29) is 11.7 Å². The number of anilines is 1. The van der Waals surface area contributed by atoms with Crippen LogP contribution in [0.1, 0.15) is 18.5 Å². The monoisotopic (exact) mass is 466 g/mol. The van der Waals surface area contributed by atoms with E-state index >= 15 is 0 Å². The highest BCUT2D eigenvalue weighted by atomic mass is 19.4. The normalized spacial score (nSPS) is 19.6. The van der Waals surface area contributed by atoms with E-state index in [1.54, 1.807) is 17.0 Å². The van der Waals surface area contributed by atoms with Gasteiger partial charge in [-0.15, -0.1) is 15.3 Å². The van der Waals surface area contributed by atoms with Gasteiger partial charge in [-0.05, 0) is 30.7 Å². The third-order valence-corrected chi connectivity index (χ3v) is 5.31. The van der Waals surface area contributed by atoms with E-state index in [1.807, 2.05) is 30.3 Å². The number of nitrogens with zero attached hydrogens (tertiary/aromatic N) is 6. The fourth-order valence-electron chi connectivity index (χ4n) is 3.73. The molecule has 13 heteroatoms. The van der Waals surface area contributed by atoms with Crippen molar-refractivity contribution in [2.75, 3.05) is 24.6 Å². The minimum absolute atomic E-state index is 0.128. The number of fused-ring (bicyclic) bond motifs is 1. The summed E-state index contributed by atoms with van der Waals surface area (Å²) < 4.78 is 45.6. The summed E-state index contributed by atoms with van der Waals surface area (Å²) >= 11 is 0. The van der Waals surface area contributed by atoms with Crippen LogP contribution in [0, 0.1) is 0 Å². The van der Waals surface area contributed by atoms with Crippen LogP contribution in [0.5, 0.6) is 0 Å². The Bertz CT molecular complexity index is 1090. The van der Waals surface area contributed by atoms with Crippen LogP contribution in [0.25, 0.3) is 5.65 Å². The summed E-state index contributed by atoms with van der Waals surface area (Å²) in [5.41, 5.74) is 1.59. The van der Waals surface area contributed by atoms with E-state index < -0.39 is 12.1 Å². The zero-order valence-corrected chi connectivity index (χ0v) is 17.4. The SMILES string of the molecule is O=C(O)C(F)(F)F.c1ccc(COC2CCOC3(C2)CN(c2ccc4nncn4n2)C3)nc1. The largest absolute Gasteiger partial charge is 0.490 e. The molecule has 0 bridgehead atoms. The summed E-state index contributed by atoms with van der Waals surface area (Å²) in [7, 11) is 0. The Hall–Kier alpha value is -3.32. The third-order valence-electron chi connectivity index (χ3n) is 5.31. The maximum atomic E-state index is 10.6. The van der Waals surface area contributed by atoms with Crippen molar-refractivity contribution in [2.45, 2.75) is 37.3 Å². The van der Waals surface area contributed by atoms with Crippen molar-refractivity contribution in [3.63, 3.8) is 0 Å². The molecule has 1 N–H and O–H groups in total. The molecule has 0 radical (unpaired) electrons. The van der Waals surface area contributed by atoms with Crippen LogP contribution in [-0.4, -0.2) is 73.4 Å². The van der Waals surface area contributed by atoms with Crippen molar-refractivity contribution in [3.8, 4) is 0 Å². The third kappa shape index (κ3) is 5.54. The number of hydrogen-bond donors (Lipinski definition) is 1. The van der Waals surface area contributed by atoms with Gasteiger partial charge in [-0.25, -0.2) is 4.79 Å². The number of carboxylic acid groups (broad SMARTS) is 1. The molecular weight excluding hydrogens is 445 g/mol. The molecule has 0 aromatic carbocycles. The zero-order chi connectivity index (χ0) is 23.5. The van der Waals surface area contributed by atoms with Gasteiger partial charge in [0.05, 0.1) is 31.5 Å². The van der Waals surface area contributed by atoms with Gasteiger partial charge in [-0.2, -0.15) is 17.7 Å². The van der Waals surface area contributed by atoms with Gasteiger partial charge in [-0.1, -0.05) is 6.07 Å². The van der Waals surface area contributed by atoms with Gasteiger partial charge >= 0.3 is 12.1 Å². The number of alkyl halides is 3. The smallest absolute Gasteiger partial charge is 0.475 e. The summed E-state index contributed by atoms with van der Waals surface area (Å²) in [5, 5.41) is 19.5. The molecule has 1 unspecified atom stereocenters. The first-order chi connectivity index (χ1) is 15.7. The summed E-state index contributed by atoms with van der Waals surface area (Å²) in [6.07, 6.45) is 0.381. The van der Waals surface area contributed by atoms with E-state index in [9.17, 15) is 13.2 Å². The highest BCUT2D eigenvalue weighted by molar-refractivity contribution is 5.73. The molecule has 2 aliphatic rings. The van der Waals surface area contributed by atoms with Crippen LogP contribution in [0.4, 0.5) is 19.0 Å². The van der Waals surface area contributed by atoms with Crippen molar-refractivity contribution < 1.29 is 32.5 Å². The molecule has 2 fully saturated rings. The predicted octanol–water partition coefficient (Wildman–Crippen LogP) is 2.11. The van der Waals surface area contributed by atoms with Crippen molar-refractivity contribution in [1.82, 2.24) is 24.8 Å². The maximum absolute atomic E-state index is 10.6. The van der Waals surface area contributed by atoms with Crippen LogP contribution >= 0.6 is 0 Å². The lowest BCUT2D eigenvalue weighted by molar-refractivity contribution is -0.192. The minimum atomic E-state index is -5.08. The van der Waals surface area contributed by atoms with Crippen molar-refractivity contribution >= 4 is 17.4 Å². The highest BCUT2D eigenvalue weighted by Gasteiger charge is 2.48. The summed E-state index contributed by atoms with van der Waals surface area (Å²) in [6, 6.07) is 9.81. The number of aliphatic carboxylic acids is 1. The van der Waals surface area contributed by atoms with Gasteiger partial charge in [0.1, 0.15) is 17.7 Å². The first-order valence-electron chi connectivity index (χ1n) is 10.1. The molecule has 2 aliphatic heterocycles. The molecule has 10 nitrogen and oxygen atoms in total. The summed E-state index contributed by atoms with van der Waals surface area (Å²) in [6.45, 7) is 2.95. The van der Waals surface area contributed by atoms with Crippen LogP contribution in [0.2, 0.25) is 0 Å². The highest BCUT2D eigenvalue weighted by Crippen LogP contribution is 2.37. The van der Waals surface area contributed by atoms with Gasteiger partial charge in [0, 0.05) is 19.2 Å². The molecule has 1 atom stereocenters. The summed E-state index contributed by atoms with van der Waals surface area (Å²) in [4.78, 5) is 15.4. The quantitative estimate of drug-likeness (QED) is 0.617. The van der Waals surface area contributed by atoms with Crippen molar-refractivity contribution in [1.29, 1.82) is 0 Å². The Morgan fingerprint density at radius 1 is 1.27 bits per heavy atom. The fraction of sp³-hybridized carbons (Fsp3) is 0.450. The molecule has 3 aromatic heterocycles. The first-order valence-corrected chi connectivity index (χ1v) is 10.1. The molecule has 5 heterocycles. The second kappa shape index (κ2) is 9.27.